The van der Waals surface area contributed by atoms with Gasteiger partial charge in [0.25, 0.3) is 0 Å². The number of rotatable bonds is 3. The van der Waals surface area contributed by atoms with Gasteiger partial charge in [-0.15, -0.1) is 12.4 Å². The molecular weight excluding hydrogens is 363 g/mol. The van der Waals surface area contributed by atoms with Crippen LogP contribution in [0.2, 0.25) is 5.02 Å². The van der Waals surface area contributed by atoms with E-state index in [1.165, 1.54) is 6.07 Å². The Labute approximate surface area is 126 Å². The minimum atomic E-state index is -3.56. The summed E-state index contributed by atoms with van der Waals surface area (Å²) in [6.07, 6.45) is 1.34. The third-order valence-corrected chi connectivity index (χ3v) is 5.67. The number of nitrogens with one attached hydrogen (secondary N) is 1. The molecule has 1 aliphatic rings. The van der Waals surface area contributed by atoms with Crippen molar-refractivity contribution in [3.05, 3.63) is 27.7 Å². The normalized spacial score (nSPS) is 23.1. The molecule has 4 nitrogen and oxygen atoms in total. The fraction of sp³-hybridized carbons (Fsp3) is 0.400. The lowest BCUT2D eigenvalue weighted by molar-refractivity contribution is 0.327. The van der Waals surface area contributed by atoms with E-state index >= 15 is 0 Å². The third kappa shape index (κ3) is 3.37. The second-order valence-electron chi connectivity index (χ2n) is 4.10. The molecule has 0 radical (unpaired) electrons. The van der Waals surface area contributed by atoms with Crippen LogP contribution in [0.4, 0.5) is 0 Å². The first-order valence-electron chi connectivity index (χ1n) is 5.12. The van der Waals surface area contributed by atoms with E-state index in [4.69, 9.17) is 17.3 Å². The number of benzene rings is 1. The highest BCUT2D eigenvalue weighted by Crippen LogP contribution is 2.30. The van der Waals surface area contributed by atoms with Gasteiger partial charge >= 0.3 is 0 Å². The van der Waals surface area contributed by atoms with Crippen molar-refractivity contribution in [2.75, 3.05) is 0 Å². The summed E-state index contributed by atoms with van der Waals surface area (Å²) in [5.41, 5.74) is 5.61. The van der Waals surface area contributed by atoms with E-state index in [-0.39, 0.29) is 34.4 Å². The highest BCUT2D eigenvalue weighted by molar-refractivity contribution is 9.10. The van der Waals surface area contributed by atoms with Crippen LogP contribution in [0.3, 0.4) is 0 Å². The Morgan fingerprint density at radius 1 is 1.39 bits per heavy atom. The van der Waals surface area contributed by atoms with Gasteiger partial charge in [0.1, 0.15) is 4.90 Å². The van der Waals surface area contributed by atoms with Gasteiger partial charge in [0, 0.05) is 16.6 Å². The number of nitrogens with two attached hydrogens (primary N) is 1. The minimum absolute atomic E-state index is 0. The molecule has 102 valence electrons. The molecule has 0 heterocycles. The highest BCUT2D eigenvalue weighted by atomic mass is 79.9. The van der Waals surface area contributed by atoms with E-state index in [9.17, 15) is 8.42 Å². The Kier molecular flexibility index (Phi) is 5.46. The van der Waals surface area contributed by atoms with Crippen molar-refractivity contribution >= 4 is 50.0 Å². The first kappa shape index (κ1) is 16.2. The molecule has 0 atom stereocenters. The molecule has 1 aliphatic carbocycles. The molecule has 3 N–H and O–H groups in total. The lowest BCUT2D eigenvalue weighted by Crippen LogP contribution is -2.50. The number of hydrogen-bond donors (Lipinski definition) is 2. The summed E-state index contributed by atoms with van der Waals surface area (Å²) in [6.45, 7) is 0. The quantitative estimate of drug-likeness (QED) is 0.851. The van der Waals surface area contributed by atoms with Gasteiger partial charge in [0.2, 0.25) is 10.0 Å². The number of hydrogen-bond acceptors (Lipinski definition) is 3. The molecule has 1 aromatic carbocycles. The van der Waals surface area contributed by atoms with E-state index < -0.39 is 10.0 Å². The third-order valence-electron chi connectivity index (χ3n) is 2.70. The van der Waals surface area contributed by atoms with Crippen LogP contribution in [0, 0.1) is 0 Å². The van der Waals surface area contributed by atoms with Crippen molar-refractivity contribution in [2.45, 2.75) is 29.8 Å². The second kappa shape index (κ2) is 6.07. The molecule has 0 spiro atoms. The second-order valence-corrected chi connectivity index (χ2v) is 7.02. The van der Waals surface area contributed by atoms with Crippen molar-refractivity contribution in [3.8, 4) is 0 Å². The van der Waals surface area contributed by atoms with Gasteiger partial charge in [-0.25, -0.2) is 13.1 Å². The summed E-state index contributed by atoms with van der Waals surface area (Å²) >= 11 is 9.16. The maximum atomic E-state index is 12.1. The molecule has 0 aromatic heterocycles. The van der Waals surface area contributed by atoms with Crippen molar-refractivity contribution in [1.82, 2.24) is 4.72 Å². The topological polar surface area (TPSA) is 72.2 Å². The predicted octanol–water partition coefficient (Wildman–Crippen LogP) is 2.29. The molecule has 0 saturated heterocycles. The zero-order chi connectivity index (χ0) is 12.6. The zero-order valence-corrected chi connectivity index (χ0v) is 13.2. The van der Waals surface area contributed by atoms with Crippen LogP contribution >= 0.6 is 39.9 Å². The van der Waals surface area contributed by atoms with Crippen molar-refractivity contribution in [3.63, 3.8) is 0 Å². The van der Waals surface area contributed by atoms with E-state index in [0.29, 0.717) is 17.3 Å². The Hall–Kier alpha value is 0.150. The van der Waals surface area contributed by atoms with Gasteiger partial charge in [0.05, 0.1) is 5.02 Å². The summed E-state index contributed by atoms with van der Waals surface area (Å²) in [7, 11) is -3.56. The molecule has 2 rings (SSSR count). The van der Waals surface area contributed by atoms with Crippen molar-refractivity contribution in [2.24, 2.45) is 5.73 Å². The maximum Gasteiger partial charge on any atom is 0.242 e. The molecule has 1 aromatic rings. The van der Waals surface area contributed by atoms with Crippen molar-refractivity contribution < 1.29 is 8.42 Å². The van der Waals surface area contributed by atoms with Gasteiger partial charge in [-0.2, -0.15) is 0 Å². The number of halogens is 3. The van der Waals surface area contributed by atoms with E-state index in [2.05, 4.69) is 20.7 Å². The fourth-order valence-corrected chi connectivity index (χ4v) is 4.02. The molecule has 0 bridgehead atoms. The lowest BCUT2D eigenvalue weighted by Gasteiger charge is -2.32. The monoisotopic (exact) mass is 374 g/mol. The first-order valence-corrected chi connectivity index (χ1v) is 7.77. The van der Waals surface area contributed by atoms with E-state index in [1.54, 1.807) is 12.1 Å². The number of sulfonamides is 1. The van der Waals surface area contributed by atoms with Crippen LogP contribution in [-0.2, 0) is 10.0 Å². The molecule has 0 aliphatic heterocycles. The highest BCUT2D eigenvalue weighted by Gasteiger charge is 2.31. The largest absolute Gasteiger partial charge is 0.328 e. The molecule has 18 heavy (non-hydrogen) atoms. The lowest BCUT2D eigenvalue weighted by atomic mass is 9.89. The average Bonchev–Trinajstić information content (AvgIpc) is 2.19. The van der Waals surface area contributed by atoms with Crippen LogP contribution in [-0.4, -0.2) is 20.5 Å². The van der Waals surface area contributed by atoms with Gasteiger partial charge in [-0.3, -0.25) is 0 Å². The van der Waals surface area contributed by atoms with Crippen LogP contribution in [0.1, 0.15) is 12.8 Å². The van der Waals surface area contributed by atoms with Gasteiger partial charge in [-0.1, -0.05) is 17.7 Å². The Morgan fingerprint density at radius 3 is 2.56 bits per heavy atom. The van der Waals surface area contributed by atoms with E-state index in [0.717, 1.165) is 0 Å². The van der Waals surface area contributed by atoms with Crippen LogP contribution in [0.15, 0.2) is 27.6 Å². The predicted molar refractivity (Wildman–Crippen MR) is 77.7 cm³/mol. The van der Waals surface area contributed by atoms with Gasteiger partial charge in [0.15, 0.2) is 0 Å². The summed E-state index contributed by atoms with van der Waals surface area (Å²) in [4.78, 5) is 0.0917. The summed E-state index contributed by atoms with van der Waals surface area (Å²) in [6, 6.07) is 4.83. The Morgan fingerprint density at radius 2 is 2.00 bits per heavy atom. The molecule has 1 fully saturated rings. The molecule has 8 heteroatoms. The van der Waals surface area contributed by atoms with Crippen LogP contribution < -0.4 is 10.5 Å². The molecular formula is C10H13BrCl2N2O2S. The molecule has 0 unspecified atom stereocenters. The minimum Gasteiger partial charge on any atom is -0.328 e. The van der Waals surface area contributed by atoms with Gasteiger partial charge < -0.3 is 5.73 Å². The smallest absolute Gasteiger partial charge is 0.242 e. The average molecular weight is 376 g/mol. The van der Waals surface area contributed by atoms with E-state index in [1.807, 2.05) is 0 Å². The maximum absolute atomic E-state index is 12.1. The van der Waals surface area contributed by atoms with Crippen LogP contribution in [0.25, 0.3) is 0 Å². The summed E-state index contributed by atoms with van der Waals surface area (Å²) in [5, 5.41) is 0.198. The van der Waals surface area contributed by atoms with Crippen LogP contribution in [0.5, 0.6) is 0 Å². The van der Waals surface area contributed by atoms with Crippen molar-refractivity contribution in [1.29, 1.82) is 0 Å². The molecule has 0 amide bonds. The summed E-state index contributed by atoms with van der Waals surface area (Å²) in [5.74, 6) is 0. The Bertz CT molecular complexity index is 533. The first-order chi connectivity index (χ1) is 7.90. The standard InChI is InChI=1S/C10H12BrClN2O2S.ClH/c11-8-2-1-3-9(10(8)12)17(15,16)14-7-4-6(13)5-7;/h1-3,6-7,14H,4-5,13H2;1H. The SMILES string of the molecule is Cl.NC1CC(NS(=O)(=O)c2cccc(Br)c2Cl)C1. The molecule has 1 saturated carbocycles. The Balaban J connectivity index is 0.00000162. The zero-order valence-electron chi connectivity index (χ0n) is 9.27. The summed E-state index contributed by atoms with van der Waals surface area (Å²) < 4.78 is 27.3. The fourth-order valence-electron chi connectivity index (χ4n) is 1.73. The van der Waals surface area contributed by atoms with Gasteiger partial charge in [-0.05, 0) is 40.9 Å².